The van der Waals surface area contributed by atoms with Crippen LogP contribution >= 0.6 is 0 Å². The molecule has 2 amide bonds. The standard InChI is InChI=1S/C16H20F6N2O2/c1-4-9-7-11(14(17,18)15(19,26)16(20,21)22)8-10(5-2)12(9)24-13(25)23-6-3/h7-8,26H,4-6H2,1-3H3,(H2,23,24,25). The first-order chi connectivity index (χ1) is 11.8. The van der Waals surface area contributed by atoms with Crippen LogP contribution in [0.3, 0.4) is 0 Å². The van der Waals surface area contributed by atoms with E-state index in [1.54, 1.807) is 6.92 Å². The summed E-state index contributed by atoms with van der Waals surface area (Å²) in [6.07, 6.45) is -6.03. The summed E-state index contributed by atoms with van der Waals surface area (Å²) < 4.78 is 79.4. The first kappa shape index (κ1) is 22.1. The highest BCUT2D eigenvalue weighted by Gasteiger charge is 2.71. The van der Waals surface area contributed by atoms with Gasteiger partial charge < -0.3 is 15.7 Å². The van der Waals surface area contributed by atoms with Crippen molar-refractivity contribution in [3.8, 4) is 0 Å². The van der Waals surface area contributed by atoms with Crippen molar-refractivity contribution in [2.45, 2.75) is 51.6 Å². The van der Waals surface area contributed by atoms with Gasteiger partial charge in [0.15, 0.2) is 0 Å². The molecule has 0 heterocycles. The molecule has 4 nitrogen and oxygen atoms in total. The zero-order valence-corrected chi connectivity index (χ0v) is 14.4. The van der Waals surface area contributed by atoms with Gasteiger partial charge in [0, 0.05) is 17.8 Å². The first-order valence-corrected chi connectivity index (χ1v) is 7.90. The molecule has 1 aromatic rings. The molecular weight excluding hydrogens is 366 g/mol. The number of urea groups is 1. The fraction of sp³-hybridized carbons (Fsp3) is 0.562. The zero-order chi connectivity index (χ0) is 20.3. The average molecular weight is 386 g/mol. The van der Waals surface area contributed by atoms with Gasteiger partial charge in [0.05, 0.1) is 0 Å². The maximum absolute atomic E-state index is 14.1. The van der Waals surface area contributed by atoms with Gasteiger partial charge in [-0.2, -0.15) is 26.3 Å². The summed E-state index contributed by atoms with van der Waals surface area (Å²) in [5, 5.41) is 13.7. The lowest BCUT2D eigenvalue weighted by Gasteiger charge is -2.31. The van der Waals surface area contributed by atoms with Crippen molar-refractivity contribution < 1.29 is 36.2 Å². The van der Waals surface area contributed by atoms with Crippen LogP contribution in [-0.2, 0) is 18.8 Å². The van der Waals surface area contributed by atoms with Crippen molar-refractivity contribution >= 4 is 11.7 Å². The number of amides is 2. The van der Waals surface area contributed by atoms with Gasteiger partial charge in [-0.3, -0.25) is 0 Å². The molecule has 0 fully saturated rings. The van der Waals surface area contributed by atoms with E-state index in [2.05, 4.69) is 10.6 Å². The number of carbonyl (C=O) groups excluding carboxylic acids is 1. The number of aryl methyl sites for hydroxylation is 2. The highest BCUT2D eigenvalue weighted by molar-refractivity contribution is 5.91. The highest BCUT2D eigenvalue weighted by atomic mass is 19.4. The van der Waals surface area contributed by atoms with E-state index in [0.29, 0.717) is 18.7 Å². The Hall–Kier alpha value is -1.97. The maximum atomic E-state index is 14.1. The van der Waals surface area contributed by atoms with Gasteiger partial charge >= 0.3 is 24.0 Å². The minimum Gasteiger partial charge on any atom is -0.350 e. The predicted molar refractivity (Wildman–Crippen MR) is 83.9 cm³/mol. The molecule has 0 aliphatic carbocycles. The summed E-state index contributed by atoms with van der Waals surface area (Å²) in [6.45, 7) is 5.02. The SMILES string of the molecule is CCNC(=O)Nc1c(CC)cc(C(F)(F)C(O)(F)C(F)(F)F)cc1CC. The molecule has 0 aromatic heterocycles. The molecule has 0 radical (unpaired) electrons. The largest absolute Gasteiger partial charge is 0.455 e. The fourth-order valence-corrected chi connectivity index (χ4v) is 2.35. The molecule has 0 spiro atoms. The van der Waals surface area contributed by atoms with Crippen LogP contribution in [0.25, 0.3) is 0 Å². The number of benzene rings is 1. The van der Waals surface area contributed by atoms with E-state index >= 15 is 0 Å². The molecule has 1 atom stereocenters. The Morgan fingerprint density at radius 3 is 1.81 bits per heavy atom. The predicted octanol–water partition coefficient (Wildman–Crippen LogP) is 4.27. The van der Waals surface area contributed by atoms with Gasteiger partial charge in [0.2, 0.25) is 0 Å². The van der Waals surface area contributed by atoms with Gasteiger partial charge in [0.1, 0.15) is 0 Å². The lowest BCUT2D eigenvalue weighted by molar-refractivity contribution is -0.390. The van der Waals surface area contributed by atoms with Gasteiger partial charge in [-0.25, -0.2) is 4.79 Å². The quantitative estimate of drug-likeness (QED) is 0.640. The Bertz CT molecular complexity index is 634. The number of anilines is 1. The second kappa shape index (κ2) is 7.73. The lowest BCUT2D eigenvalue weighted by atomic mass is 9.93. The molecule has 0 aliphatic rings. The molecule has 1 aromatic carbocycles. The third-order valence-electron chi connectivity index (χ3n) is 3.79. The van der Waals surface area contributed by atoms with Crippen LogP contribution in [0, 0.1) is 0 Å². The Balaban J connectivity index is 3.50. The summed E-state index contributed by atoms with van der Waals surface area (Å²) >= 11 is 0. The van der Waals surface area contributed by atoms with E-state index < -0.39 is 29.5 Å². The maximum Gasteiger partial charge on any atom is 0.455 e. The van der Waals surface area contributed by atoms with Crippen molar-refractivity contribution in [3.05, 3.63) is 28.8 Å². The summed E-state index contributed by atoms with van der Waals surface area (Å²) in [5.74, 6) is -11.0. The number of halogens is 6. The van der Waals surface area contributed by atoms with Crippen molar-refractivity contribution in [1.82, 2.24) is 5.32 Å². The zero-order valence-electron chi connectivity index (χ0n) is 14.4. The monoisotopic (exact) mass is 386 g/mol. The average Bonchev–Trinajstić information content (AvgIpc) is 2.53. The van der Waals surface area contributed by atoms with Crippen molar-refractivity contribution in [2.24, 2.45) is 0 Å². The second-order valence-electron chi connectivity index (χ2n) is 5.56. The van der Waals surface area contributed by atoms with Crippen LogP contribution in [0.1, 0.15) is 37.5 Å². The number of hydrogen-bond donors (Lipinski definition) is 3. The minimum absolute atomic E-state index is 0.0788. The van der Waals surface area contributed by atoms with Crippen LogP contribution in [0.15, 0.2) is 12.1 Å². The van der Waals surface area contributed by atoms with E-state index in [9.17, 15) is 31.1 Å². The number of alkyl halides is 6. The Morgan fingerprint density at radius 1 is 1.00 bits per heavy atom. The van der Waals surface area contributed by atoms with Gasteiger partial charge in [0.25, 0.3) is 0 Å². The number of hydrogen-bond acceptors (Lipinski definition) is 2. The number of nitrogens with one attached hydrogen (secondary N) is 2. The number of aliphatic hydroxyl groups is 1. The van der Waals surface area contributed by atoms with E-state index in [0.717, 1.165) is 0 Å². The molecule has 0 saturated carbocycles. The van der Waals surface area contributed by atoms with Crippen LogP contribution < -0.4 is 10.6 Å². The molecule has 1 rings (SSSR count). The molecule has 10 heteroatoms. The molecule has 1 unspecified atom stereocenters. The Labute approximate surface area is 146 Å². The molecule has 148 valence electrons. The van der Waals surface area contributed by atoms with Gasteiger partial charge in [-0.05, 0) is 43.0 Å². The number of rotatable bonds is 6. The molecule has 0 bridgehead atoms. The third kappa shape index (κ3) is 4.05. The second-order valence-corrected chi connectivity index (χ2v) is 5.56. The molecule has 3 N–H and O–H groups in total. The molecular formula is C16H20F6N2O2. The van der Waals surface area contributed by atoms with Gasteiger partial charge in [-0.15, -0.1) is 0 Å². The Morgan fingerprint density at radius 2 is 1.46 bits per heavy atom. The summed E-state index contributed by atoms with van der Waals surface area (Å²) in [7, 11) is 0. The summed E-state index contributed by atoms with van der Waals surface area (Å²) in [6, 6.07) is 0.683. The fourth-order valence-electron chi connectivity index (χ4n) is 2.35. The summed E-state index contributed by atoms with van der Waals surface area (Å²) in [4.78, 5) is 11.7. The van der Waals surface area contributed by atoms with Crippen molar-refractivity contribution in [2.75, 3.05) is 11.9 Å². The Kier molecular flexibility index (Phi) is 6.56. The van der Waals surface area contributed by atoms with Crippen molar-refractivity contribution in [3.63, 3.8) is 0 Å². The van der Waals surface area contributed by atoms with E-state index in [-0.39, 0.29) is 29.7 Å². The van der Waals surface area contributed by atoms with Crippen LogP contribution in [0.5, 0.6) is 0 Å². The first-order valence-electron chi connectivity index (χ1n) is 7.90. The minimum atomic E-state index is -6.19. The smallest absolute Gasteiger partial charge is 0.350 e. The topological polar surface area (TPSA) is 61.4 Å². The highest BCUT2D eigenvalue weighted by Crippen LogP contribution is 2.49. The summed E-state index contributed by atoms with van der Waals surface area (Å²) in [5.41, 5.74) is -0.989. The van der Waals surface area contributed by atoms with Crippen LogP contribution in [-0.4, -0.2) is 29.7 Å². The van der Waals surface area contributed by atoms with Crippen molar-refractivity contribution in [1.29, 1.82) is 0 Å². The molecule has 0 aliphatic heterocycles. The van der Waals surface area contributed by atoms with E-state index in [4.69, 9.17) is 5.11 Å². The third-order valence-corrected chi connectivity index (χ3v) is 3.79. The van der Waals surface area contributed by atoms with Gasteiger partial charge in [-0.1, -0.05) is 13.8 Å². The van der Waals surface area contributed by atoms with E-state index in [1.165, 1.54) is 13.8 Å². The molecule has 0 saturated heterocycles. The van der Waals surface area contributed by atoms with Crippen LogP contribution in [0.4, 0.5) is 36.8 Å². The normalized spacial score (nSPS) is 14.7. The van der Waals surface area contributed by atoms with Crippen LogP contribution in [0.2, 0.25) is 0 Å². The van der Waals surface area contributed by atoms with E-state index in [1.807, 2.05) is 0 Å². The lowest BCUT2D eigenvalue weighted by Crippen LogP contribution is -2.53. The molecule has 26 heavy (non-hydrogen) atoms. The number of carbonyl (C=O) groups is 1.